The van der Waals surface area contributed by atoms with Crippen molar-refractivity contribution in [2.24, 2.45) is 5.92 Å². The molecule has 0 aliphatic heterocycles. The average molecular weight is 275 g/mol. The Bertz CT molecular complexity index is 452. The van der Waals surface area contributed by atoms with Crippen LogP contribution in [0, 0.1) is 5.92 Å². The number of hydrogen-bond donors (Lipinski definition) is 1. The van der Waals surface area contributed by atoms with Crippen LogP contribution in [0.2, 0.25) is 0 Å². The van der Waals surface area contributed by atoms with Gasteiger partial charge in [-0.3, -0.25) is 0 Å². The summed E-state index contributed by atoms with van der Waals surface area (Å²) in [5.41, 5.74) is 2.37. The Balaban J connectivity index is 2.15. The van der Waals surface area contributed by atoms with Crippen molar-refractivity contribution in [3.8, 4) is 0 Å². The lowest BCUT2D eigenvalue weighted by Crippen LogP contribution is -2.32. The molecule has 0 aromatic heterocycles. The molecule has 0 heterocycles. The van der Waals surface area contributed by atoms with Gasteiger partial charge in [0.2, 0.25) is 0 Å². The molecule has 0 saturated heterocycles. The zero-order valence-electron chi connectivity index (χ0n) is 12.7. The van der Waals surface area contributed by atoms with Crippen molar-refractivity contribution >= 4 is 5.97 Å². The molecule has 1 aromatic rings. The molecule has 0 amide bonds. The highest BCUT2D eigenvalue weighted by Gasteiger charge is 2.26. The normalized spacial score (nSPS) is 16.2. The van der Waals surface area contributed by atoms with Crippen molar-refractivity contribution in [1.82, 2.24) is 5.32 Å². The van der Waals surface area contributed by atoms with Crippen molar-refractivity contribution in [3.63, 3.8) is 0 Å². The maximum Gasteiger partial charge on any atom is 0.327 e. The lowest BCUT2D eigenvalue weighted by Gasteiger charge is -2.19. The molecular formula is C17H25NO2. The fourth-order valence-electron chi connectivity index (χ4n) is 2.33. The van der Waals surface area contributed by atoms with E-state index >= 15 is 0 Å². The molecule has 3 heteroatoms. The van der Waals surface area contributed by atoms with Crippen molar-refractivity contribution in [2.75, 3.05) is 13.2 Å². The SMILES string of the molecule is CCOC(=O)C(NCC(C)C)c1cccc(C2CC2)c1. The van der Waals surface area contributed by atoms with Gasteiger partial charge in [0, 0.05) is 0 Å². The Morgan fingerprint density at radius 1 is 1.40 bits per heavy atom. The summed E-state index contributed by atoms with van der Waals surface area (Å²) in [5, 5.41) is 3.33. The second-order valence-electron chi connectivity index (χ2n) is 5.93. The topological polar surface area (TPSA) is 38.3 Å². The third-order valence-electron chi connectivity index (χ3n) is 3.55. The van der Waals surface area contributed by atoms with Gasteiger partial charge in [-0.1, -0.05) is 38.1 Å². The molecule has 1 N–H and O–H groups in total. The zero-order valence-corrected chi connectivity index (χ0v) is 12.7. The first-order valence-corrected chi connectivity index (χ1v) is 7.61. The molecule has 20 heavy (non-hydrogen) atoms. The van der Waals surface area contributed by atoms with Crippen LogP contribution in [0.3, 0.4) is 0 Å². The standard InChI is InChI=1S/C17H25NO2/c1-4-20-17(19)16(18-11-12(2)3)15-7-5-6-14(10-15)13-8-9-13/h5-7,10,12-13,16,18H,4,8-9,11H2,1-3H3. The molecule has 0 radical (unpaired) electrons. The highest BCUT2D eigenvalue weighted by atomic mass is 16.5. The second-order valence-corrected chi connectivity index (χ2v) is 5.93. The summed E-state index contributed by atoms with van der Waals surface area (Å²) in [6.07, 6.45) is 2.54. The molecule has 1 unspecified atom stereocenters. The first kappa shape index (κ1) is 15.0. The fraction of sp³-hybridized carbons (Fsp3) is 0.588. The van der Waals surface area contributed by atoms with Crippen LogP contribution in [0.4, 0.5) is 0 Å². The summed E-state index contributed by atoms with van der Waals surface area (Å²) < 4.78 is 5.21. The summed E-state index contributed by atoms with van der Waals surface area (Å²) >= 11 is 0. The van der Waals surface area contributed by atoms with Crippen LogP contribution in [0.15, 0.2) is 24.3 Å². The quantitative estimate of drug-likeness (QED) is 0.775. The van der Waals surface area contributed by atoms with Crippen molar-refractivity contribution in [3.05, 3.63) is 35.4 Å². The van der Waals surface area contributed by atoms with Gasteiger partial charge in [0.05, 0.1) is 6.61 Å². The van der Waals surface area contributed by atoms with E-state index in [1.54, 1.807) is 0 Å². The van der Waals surface area contributed by atoms with Crippen LogP contribution in [0.1, 0.15) is 56.7 Å². The average Bonchev–Trinajstić information content (AvgIpc) is 3.23. The van der Waals surface area contributed by atoms with Crippen molar-refractivity contribution < 1.29 is 9.53 Å². The summed E-state index contributed by atoms with van der Waals surface area (Å²) in [5.74, 6) is 1.02. The van der Waals surface area contributed by atoms with Crippen molar-refractivity contribution in [2.45, 2.75) is 45.6 Å². The van der Waals surface area contributed by atoms with Crippen LogP contribution in [-0.2, 0) is 9.53 Å². The molecule has 0 spiro atoms. The molecule has 1 aromatic carbocycles. The first-order chi connectivity index (χ1) is 9.61. The van der Waals surface area contributed by atoms with Gasteiger partial charge in [0.15, 0.2) is 0 Å². The summed E-state index contributed by atoms with van der Waals surface area (Å²) in [6, 6.07) is 8.03. The monoisotopic (exact) mass is 275 g/mol. The number of esters is 1. The maximum absolute atomic E-state index is 12.2. The predicted octanol–water partition coefficient (Wildman–Crippen LogP) is 3.41. The number of rotatable bonds is 7. The minimum absolute atomic E-state index is 0.180. The minimum atomic E-state index is -0.351. The molecule has 1 atom stereocenters. The Labute approximate surface area is 121 Å². The third-order valence-corrected chi connectivity index (χ3v) is 3.55. The van der Waals surface area contributed by atoms with Crippen molar-refractivity contribution in [1.29, 1.82) is 0 Å². The summed E-state index contributed by atoms with van der Waals surface area (Å²) in [7, 11) is 0. The van der Waals surface area contributed by atoms with E-state index in [4.69, 9.17) is 4.74 Å². The molecule has 1 fully saturated rings. The molecule has 2 rings (SSSR count). The number of carbonyl (C=O) groups is 1. The smallest absolute Gasteiger partial charge is 0.327 e. The largest absolute Gasteiger partial charge is 0.465 e. The first-order valence-electron chi connectivity index (χ1n) is 7.61. The Kier molecular flexibility index (Phi) is 5.18. The number of nitrogens with one attached hydrogen (secondary N) is 1. The van der Waals surface area contributed by atoms with Gasteiger partial charge in [0.1, 0.15) is 6.04 Å². The van der Waals surface area contributed by atoms with E-state index in [0.29, 0.717) is 18.4 Å². The van der Waals surface area contributed by atoms with Crippen LogP contribution in [0.25, 0.3) is 0 Å². The zero-order chi connectivity index (χ0) is 14.5. The van der Waals surface area contributed by atoms with E-state index in [0.717, 1.165) is 12.1 Å². The number of carbonyl (C=O) groups excluding carboxylic acids is 1. The lowest BCUT2D eigenvalue weighted by atomic mass is 10.0. The molecule has 110 valence electrons. The molecule has 1 saturated carbocycles. The summed E-state index contributed by atoms with van der Waals surface area (Å²) in [4.78, 5) is 12.2. The molecule has 1 aliphatic rings. The van der Waals surface area contributed by atoms with Gasteiger partial charge in [-0.25, -0.2) is 4.79 Å². The van der Waals surface area contributed by atoms with Gasteiger partial charge in [0.25, 0.3) is 0 Å². The highest BCUT2D eigenvalue weighted by Crippen LogP contribution is 2.40. The number of hydrogen-bond acceptors (Lipinski definition) is 3. The highest BCUT2D eigenvalue weighted by molar-refractivity contribution is 5.77. The van der Waals surface area contributed by atoms with Gasteiger partial charge in [-0.05, 0) is 49.3 Å². The van der Waals surface area contributed by atoms with E-state index in [2.05, 4.69) is 31.3 Å². The van der Waals surface area contributed by atoms with E-state index in [1.165, 1.54) is 18.4 Å². The van der Waals surface area contributed by atoms with Gasteiger partial charge < -0.3 is 10.1 Å². The van der Waals surface area contributed by atoms with E-state index in [-0.39, 0.29) is 12.0 Å². The van der Waals surface area contributed by atoms with Gasteiger partial charge >= 0.3 is 5.97 Å². The number of benzene rings is 1. The lowest BCUT2D eigenvalue weighted by molar-refractivity contribution is -0.145. The van der Waals surface area contributed by atoms with Crippen LogP contribution in [0.5, 0.6) is 0 Å². The van der Waals surface area contributed by atoms with Crippen LogP contribution >= 0.6 is 0 Å². The molecule has 1 aliphatic carbocycles. The Morgan fingerprint density at radius 2 is 2.15 bits per heavy atom. The Morgan fingerprint density at radius 3 is 2.75 bits per heavy atom. The van der Waals surface area contributed by atoms with E-state index in [9.17, 15) is 4.79 Å². The maximum atomic E-state index is 12.2. The van der Waals surface area contributed by atoms with E-state index in [1.807, 2.05) is 19.1 Å². The fourth-order valence-corrected chi connectivity index (χ4v) is 2.33. The van der Waals surface area contributed by atoms with Gasteiger partial charge in [-0.2, -0.15) is 0 Å². The van der Waals surface area contributed by atoms with Gasteiger partial charge in [-0.15, -0.1) is 0 Å². The molecular weight excluding hydrogens is 250 g/mol. The predicted molar refractivity (Wildman–Crippen MR) is 80.6 cm³/mol. The van der Waals surface area contributed by atoms with Crippen LogP contribution in [-0.4, -0.2) is 19.1 Å². The van der Waals surface area contributed by atoms with E-state index < -0.39 is 0 Å². The second kappa shape index (κ2) is 6.89. The Hall–Kier alpha value is -1.35. The summed E-state index contributed by atoms with van der Waals surface area (Å²) in [6.45, 7) is 7.34. The molecule has 3 nitrogen and oxygen atoms in total. The minimum Gasteiger partial charge on any atom is -0.465 e. The third kappa shape index (κ3) is 4.07. The van der Waals surface area contributed by atoms with Crippen LogP contribution < -0.4 is 5.32 Å². The molecule has 0 bridgehead atoms. The number of ether oxygens (including phenoxy) is 1.